The smallest absolute Gasteiger partial charge is 0.240 e. The maximum absolute atomic E-state index is 11.5. The predicted octanol–water partition coefficient (Wildman–Crippen LogP) is 0.775. The monoisotopic (exact) mass is 290 g/mol. The fourth-order valence-electron chi connectivity index (χ4n) is 1.32. The molecular formula is C11H18N2O3S2. The Morgan fingerprint density at radius 3 is 2.33 bits per heavy atom. The molecule has 0 saturated carbocycles. The quantitative estimate of drug-likeness (QED) is 0.778. The highest BCUT2D eigenvalue weighted by molar-refractivity contribution is 7.89. The maximum Gasteiger partial charge on any atom is 0.240 e. The molecule has 0 saturated heterocycles. The number of sulfonamides is 1. The van der Waals surface area contributed by atoms with Gasteiger partial charge in [0.15, 0.2) is 0 Å². The molecule has 18 heavy (non-hydrogen) atoms. The minimum absolute atomic E-state index is 0.229. The molecule has 0 heterocycles. The number of hydrogen-bond acceptors (Lipinski definition) is 4. The summed E-state index contributed by atoms with van der Waals surface area (Å²) < 4.78 is 36.4. The summed E-state index contributed by atoms with van der Waals surface area (Å²) in [6.45, 7) is 2.49. The van der Waals surface area contributed by atoms with Gasteiger partial charge in [0.2, 0.25) is 10.0 Å². The van der Waals surface area contributed by atoms with Gasteiger partial charge in [-0.05, 0) is 31.3 Å². The van der Waals surface area contributed by atoms with E-state index in [0.717, 1.165) is 5.69 Å². The summed E-state index contributed by atoms with van der Waals surface area (Å²) >= 11 is 0. The molecule has 0 aliphatic carbocycles. The molecule has 1 unspecified atom stereocenters. The van der Waals surface area contributed by atoms with Crippen LogP contribution in [0.25, 0.3) is 0 Å². The van der Waals surface area contributed by atoms with Gasteiger partial charge in [0.25, 0.3) is 0 Å². The Bertz CT molecular complexity index is 498. The summed E-state index contributed by atoms with van der Waals surface area (Å²) in [6.07, 6.45) is 0. The normalized spacial score (nSPS) is 13.2. The van der Waals surface area contributed by atoms with Crippen molar-refractivity contribution in [2.24, 2.45) is 0 Å². The molecular weight excluding hydrogens is 272 g/mol. The van der Waals surface area contributed by atoms with Gasteiger partial charge in [-0.15, -0.1) is 0 Å². The van der Waals surface area contributed by atoms with Crippen LogP contribution in [0, 0.1) is 0 Å². The summed E-state index contributed by atoms with van der Waals surface area (Å²) in [4.78, 5) is 0.229. The molecule has 0 aliphatic heterocycles. The van der Waals surface area contributed by atoms with Crippen LogP contribution in [0.2, 0.25) is 0 Å². The first kappa shape index (κ1) is 15.1. The molecule has 5 nitrogen and oxygen atoms in total. The van der Waals surface area contributed by atoms with Crippen LogP contribution in [0.5, 0.6) is 0 Å². The third-order valence-electron chi connectivity index (χ3n) is 2.41. The Kier molecular flexibility index (Phi) is 5.77. The molecule has 0 aromatic heterocycles. The molecule has 0 spiro atoms. The van der Waals surface area contributed by atoms with Gasteiger partial charge in [0.1, 0.15) is 0 Å². The van der Waals surface area contributed by atoms with Gasteiger partial charge in [-0.2, -0.15) is 0 Å². The summed E-state index contributed by atoms with van der Waals surface area (Å²) in [5.74, 6) is 1.24. The van der Waals surface area contributed by atoms with Crippen molar-refractivity contribution in [3.63, 3.8) is 0 Å². The molecule has 0 fully saturated rings. The molecule has 0 aliphatic rings. The van der Waals surface area contributed by atoms with E-state index >= 15 is 0 Å². The van der Waals surface area contributed by atoms with Gasteiger partial charge < -0.3 is 5.32 Å². The molecule has 7 heteroatoms. The van der Waals surface area contributed by atoms with Crippen LogP contribution < -0.4 is 10.0 Å². The lowest BCUT2D eigenvalue weighted by Gasteiger charge is -2.07. The van der Waals surface area contributed by atoms with E-state index in [-0.39, 0.29) is 4.90 Å². The fraction of sp³-hybridized carbons (Fsp3) is 0.455. The summed E-state index contributed by atoms with van der Waals surface area (Å²) in [5.41, 5.74) is 0.818. The van der Waals surface area contributed by atoms with Crippen LogP contribution in [0.4, 0.5) is 5.69 Å². The second kappa shape index (κ2) is 6.86. The largest absolute Gasteiger partial charge is 0.384 e. The van der Waals surface area contributed by atoms with E-state index in [1.165, 1.54) is 19.2 Å². The first-order valence-corrected chi connectivity index (χ1v) is 8.59. The highest BCUT2D eigenvalue weighted by Crippen LogP contribution is 2.13. The lowest BCUT2D eigenvalue weighted by molar-refractivity contribution is 0.588. The maximum atomic E-state index is 11.5. The van der Waals surface area contributed by atoms with Crippen LogP contribution in [-0.4, -0.2) is 37.7 Å². The number of anilines is 1. The zero-order chi connectivity index (χ0) is 13.6. The first-order chi connectivity index (χ1) is 8.49. The molecule has 1 aromatic rings. The van der Waals surface area contributed by atoms with E-state index in [1.54, 1.807) is 12.1 Å². The first-order valence-electron chi connectivity index (χ1n) is 5.62. The van der Waals surface area contributed by atoms with Crippen LogP contribution in [0.3, 0.4) is 0 Å². The topological polar surface area (TPSA) is 75.3 Å². The van der Waals surface area contributed by atoms with E-state index in [4.69, 9.17) is 0 Å². The van der Waals surface area contributed by atoms with Crippen molar-refractivity contribution in [2.75, 3.05) is 30.4 Å². The second-order valence-corrected chi connectivity index (χ2v) is 7.34. The van der Waals surface area contributed by atoms with Crippen molar-refractivity contribution in [1.29, 1.82) is 0 Å². The summed E-state index contributed by atoms with van der Waals surface area (Å²) in [7, 11) is -2.79. The van der Waals surface area contributed by atoms with Gasteiger partial charge in [0, 0.05) is 34.5 Å². The van der Waals surface area contributed by atoms with Crippen LogP contribution in [0.1, 0.15) is 6.92 Å². The summed E-state index contributed by atoms with van der Waals surface area (Å²) in [6, 6.07) is 6.45. The molecule has 1 atom stereocenters. The van der Waals surface area contributed by atoms with E-state index < -0.39 is 20.8 Å². The Hall–Kier alpha value is -0.920. The third-order valence-corrected chi connectivity index (χ3v) is 5.15. The van der Waals surface area contributed by atoms with E-state index in [1.807, 2.05) is 6.92 Å². The van der Waals surface area contributed by atoms with Gasteiger partial charge >= 0.3 is 0 Å². The number of rotatable bonds is 7. The van der Waals surface area contributed by atoms with Crippen molar-refractivity contribution in [2.45, 2.75) is 11.8 Å². The van der Waals surface area contributed by atoms with Crippen molar-refractivity contribution in [3.05, 3.63) is 24.3 Å². The van der Waals surface area contributed by atoms with E-state index in [2.05, 4.69) is 10.0 Å². The minimum atomic E-state index is -3.38. The Morgan fingerprint density at radius 2 is 1.83 bits per heavy atom. The number of nitrogens with one attached hydrogen (secondary N) is 2. The average molecular weight is 290 g/mol. The van der Waals surface area contributed by atoms with Crippen molar-refractivity contribution in [1.82, 2.24) is 4.72 Å². The zero-order valence-corrected chi connectivity index (χ0v) is 12.1. The standard InChI is InChI=1S/C11H18N2O3S2/c1-3-17(14)9-8-13-10-4-6-11(7-5-10)18(15,16)12-2/h4-7,12-13H,3,8-9H2,1-2H3. The third kappa shape index (κ3) is 4.40. The molecule has 0 amide bonds. The van der Waals surface area contributed by atoms with Crippen molar-refractivity contribution < 1.29 is 12.6 Å². The molecule has 1 aromatic carbocycles. The minimum Gasteiger partial charge on any atom is -0.384 e. The van der Waals surface area contributed by atoms with Gasteiger partial charge in [-0.1, -0.05) is 6.92 Å². The fourth-order valence-corrected chi connectivity index (χ4v) is 2.67. The molecule has 1 rings (SSSR count). The molecule has 102 valence electrons. The van der Waals surface area contributed by atoms with E-state index in [9.17, 15) is 12.6 Å². The van der Waals surface area contributed by atoms with Gasteiger partial charge in [-0.25, -0.2) is 13.1 Å². The Labute approximate surface area is 110 Å². The lowest BCUT2D eigenvalue weighted by atomic mass is 10.3. The highest BCUT2D eigenvalue weighted by atomic mass is 32.2. The SMILES string of the molecule is CCS(=O)CCNc1ccc(S(=O)(=O)NC)cc1. The Balaban J connectivity index is 2.59. The van der Waals surface area contributed by atoms with Crippen LogP contribution in [0.15, 0.2) is 29.2 Å². The van der Waals surface area contributed by atoms with Crippen LogP contribution >= 0.6 is 0 Å². The predicted molar refractivity (Wildman–Crippen MR) is 74.7 cm³/mol. The molecule has 0 radical (unpaired) electrons. The molecule has 2 N–H and O–H groups in total. The van der Waals surface area contributed by atoms with Crippen molar-refractivity contribution >= 4 is 26.5 Å². The lowest BCUT2D eigenvalue weighted by Crippen LogP contribution is -2.18. The van der Waals surface area contributed by atoms with Gasteiger partial charge in [-0.3, -0.25) is 4.21 Å². The average Bonchev–Trinajstić information content (AvgIpc) is 2.39. The number of benzene rings is 1. The van der Waals surface area contributed by atoms with E-state index in [0.29, 0.717) is 18.1 Å². The second-order valence-electron chi connectivity index (χ2n) is 3.59. The van der Waals surface area contributed by atoms with Crippen molar-refractivity contribution in [3.8, 4) is 0 Å². The summed E-state index contributed by atoms with van der Waals surface area (Å²) in [5, 5.41) is 3.10. The van der Waals surface area contributed by atoms with Crippen LogP contribution in [-0.2, 0) is 20.8 Å². The highest BCUT2D eigenvalue weighted by Gasteiger charge is 2.10. The number of hydrogen-bond donors (Lipinski definition) is 2. The Morgan fingerprint density at radius 1 is 1.22 bits per heavy atom. The molecule has 0 bridgehead atoms. The zero-order valence-electron chi connectivity index (χ0n) is 10.5. The van der Waals surface area contributed by atoms with Gasteiger partial charge in [0.05, 0.1) is 4.90 Å².